The van der Waals surface area contributed by atoms with Gasteiger partial charge in [-0.3, -0.25) is 14.5 Å². The summed E-state index contributed by atoms with van der Waals surface area (Å²) in [5, 5.41) is 3.83. The number of benzene rings is 1. The molecule has 0 bridgehead atoms. The first-order valence-electron chi connectivity index (χ1n) is 11.9. The molecule has 3 N–H and O–H groups in total. The van der Waals surface area contributed by atoms with Gasteiger partial charge in [0.15, 0.2) is 5.96 Å². The van der Waals surface area contributed by atoms with Crippen LogP contribution in [0.4, 0.5) is 0 Å². The maximum absolute atomic E-state index is 13.3. The van der Waals surface area contributed by atoms with Gasteiger partial charge in [0.2, 0.25) is 11.8 Å². The van der Waals surface area contributed by atoms with Gasteiger partial charge in [0.25, 0.3) is 0 Å². The first kappa shape index (κ1) is 24.8. The largest absolute Gasteiger partial charge is 0.487 e. The van der Waals surface area contributed by atoms with Crippen LogP contribution in [0.1, 0.15) is 65.0 Å². The van der Waals surface area contributed by atoms with E-state index in [9.17, 15) is 9.59 Å². The highest BCUT2D eigenvalue weighted by Crippen LogP contribution is 2.47. The van der Waals surface area contributed by atoms with Crippen LogP contribution in [0.2, 0.25) is 5.02 Å². The van der Waals surface area contributed by atoms with Gasteiger partial charge in [-0.2, -0.15) is 0 Å². The second-order valence-corrected chi connectivity index (χ2v) is 11.3. The minimum absolute atomic E-state index is 0.00611. The zero-order valence-corrected chi connectivity index (χ0v) is 21.3. The molecule has 4 atom stereocenters. The summed E-state index contributed by atoms with van der Waals surface area (Å²) in [6, 6.07) is 5.12. The number of aliphatic imine (C=N–C) groups is 1. The first-order chi connectivity index (χ1) is 15.9. The van der Waals surface area contributed by atoms with E-state index in [0.29, 0.717) is 36.6 Å². The van der Waals surface area contributed by atoms with Crippen molar-refractivity contribution in [2.75, 3.05) is 13.7 Å². The lowest BCUT2D eigenvalue weighted by Crippen LogP contribution is -2.55. The van der Waals surface area contributed by atoms with Crippen molar-refractivity contribution in [3.05, 3.63) is 28.8 Å². The number of nitrogens with one attached hydrogen (secondary N) is 1. The number of halogens is 1. The molecule has 1 fully saturated rings. The van der Waals surface area contributed by atoms with E-state index in [2.05, 4.69) is 10.3 Å². The summed E-state index contributed by atoms with van der Waals surface area (Å²) in [4.78, 5) is 32.4. The molecule has 2 aliphatic heterocycles. The van der Waals surface area contributed by atoms with Gasteiger partial charge in [0.05, 0.1) is 18.0 Å². The Hall–Kier alpha value is -2.32. The number of amides is 2. The summed E-state index contributed by atoms with van der Waals surface area (Å²) < 4.78 is 11.4. The van der Waals surface area contributed by atoms with Crippen LogP contribution < -0.4 is 15.8 Å². The Morgan fingerprint density at radius 3 is 2.79 bits per heavy atom. The number of fused-ring (bicyclic) bond motifs is 1. The average molecular weight is 491 g/mol. The molecule has 4 rings (SSSR count). The maximum atomic E-state index is 13.3. The minimum Gasteiger partial charge on any atom is -0.487 e. The molecular formula is C25H35ClN4O4. The molecule has 0 spiro atoms. The van der Waals surface area contributed by atoms with E-state index in [1.165, 1.54) is 0 Å². The fourth-order valence-corrected chi connectivity index (χ4v) is 5.45. The normalized spacial score (nSPS) is 27.8. The number of carbonyl (C=O) groups is 2. The zero-order chi connectivity index (χ0) is 24.8. The Balaban J connectivity index is 1.50. The van der Waals surface area contributed by atoms with Crippen LogP contribution in [0.5, 0.6) is 5.75 Å². The van der Waals surface area contributed by atoms with Crippen LogP contribution in [0.3, 0.4) is 0 Å². The average Bonchev–Trinajstić information content (AvgIpc) is 3.48. The summed E-state index contributed by atoms with van der Waals surface area (Å²) in [7, 11) is 1.63. The summed E-state index contributed by atoms with van der Waals surface area (Å²) in [5.74, 6) is 0.666. The van der Waals surface area contributed by atoms with Crippen molar-refractivity contribution in [1.29, 1.82) is 0 Å². The maximum Gasteiger partial charge on any atom is 0.231 e. The number of guanidine groups is 1. The Morgan fingerprint density at radius 2 is 2.12 bits per heavy atom. The molecule has 0 aromatic heterocycles. The van der Waals surface area contributed by atoms with Crippen LogP contribution in [0.15, 0.2) is 23.2 Å². The lowest BCUT2D eigenvalue weighted by atomic mass is 9.89. The van der Waals surface area contributed by atoms with Crippen molar-refractivity contribution >= 4 is 29.4 Å². The molecule has 9 heteroatoms. The highest BCUT2D eigenvalue weighted by atomic mass is 35.5. The second-order valence-electron chi connectivity index (χ2n) is 10.9. The number of rotatable bonds is 7. The minimum atomic E-state index is -0.518. The van der Waals surface area contributed by atoms with Crippen LogP contribution in [0, 0.1) is 11.8 Å². The van der Waals surface area contributed by atoms with Gasteiger partial charge in [-0.15, -0.1) is 0 Å². The smallest absolute Gasteiger partial charge is 0.231 e. The molecule has 8 nitrogen and oxygen atoms in total. The standard InChI is InChI=1S/C25H35ClN4O4/c1-24(2)13-21(31)30(23(27)29-24)19(8-9-33-5)16-11-17(16)22(32)28-18-12-25(3,4)34-20-10-14(26)6-7-15(18)20/h6-7,10,16-19H,8-9,11-13H2,1-5H3,(H2,27,29)(H,28,32)/t16-,17-,18-,19+/m0/s1. The molecule has 1 saturated carbocycles. The fraction of sp³-hybridized carbons (Fsp3) is 0.640. The summed E-state index contributed by atoms with van der Waals surface area (Å²) in [6.45, 7) is 8.27. The van der Waals surface area contributed by atoms with Crippen molar-refractivity contribution < 1.29 is 19.1 Å². The number of carbonyl (C=O) groups excluding carboxylic acids is 2. The molecule has 0 saturated heterocycles. The van der Waals surface area contributed by atoms with Crippen molar-refractivity contribution in [3.63, 3.8) is 0 Å². The molecule has 1 aromatic rings. The molecule has 2 amide bonds. The van der Waals surface area contributed by atoms with Gasteiger partial charge in [-0.05, 0) is 58.6 Å². The van der Waals surface area contributed by atoms with Gasteiger partial charge < -0.3 is 20.5 Å². The highest BCUT2D eigenvalue weighted by Gasteiger charge is 2.52. The molecule has 34 heavy (non-hydrogen) atoms. The van der Waals surface area contributed by atoms with E-state index in [4.69, 9.17) is 26.8 Å². The molecule has 0 radical (unpaired) electrons. The lowest BCUT2D eigenvalue weighted by molar-refractivity contribution is -0.132. The molecule has 0 unspecified atom stereocenters. The highest BCUT2D eigenvalue weighted by molar-refractivity contribution is 6.30. The summed E-state index contributed by atoms with van der Waals surface area (Å²) >= 11 is 6.16. The molecule has 2 heterocycles. The van der Waals surface area contributed by atoms with Crippen LogP contribution in [-0.4, -0.2) is 53.6 Å². The van der Waals surface area contributed by atoms with Crippen molar-refractivity contribution in [2.45, 2.75) is 76.6 Å². The number of ether oxygens (including phenoxy) is 2. The summed E-state index contributed by atoms with van der Waals surface area (Å²) in [6.07, 6.45) is 2.23. The van der Waals surface area contributed by atoms with Crippen LogP contribution >= 0.6 is 11.6 Å². The molecule has 3 aliphatic rings. The van der Waals surface area contributed by atoms with Crippen LogP contribution in [-0.2, 0) is 14.3 Å². The first-order valence-corrected chi connectivity index (χ1v) is 12.2. The third kappa shape index (κ3) is 5.18. The Kier molecular flexibility index (Phi) is 6.59. The number of hydrogen-bond donors (Lipinski definition) is 2. The Morgan fingerprint density at radius 1 is 1.38 bits per heavy atom. The van der Waals surface area contributed by atoms with E-state index in [-0.39, 0.29) is 48.1 Å². The monoisotopic (exact) mass is 490 g/mol. The number of nitrogens with zero attached hydrogens (tertiary/aromatic N) is 2. The van der Waals surface area contributed by atoms with Gasteiger partial charge >= 0.3 is 0 Å². The predicted octanol–water partition coefficient (Wildman–Crippen LogP) is 3.43. The van der Waals surface area contributed by atoms with E-state index in [1.807, 2.05) is 39.8 Å². The van der Waals surface area contributed by atoms with E-state index >= 15 is 0 Å². The van der Waals surface area contributed by atoms with Gasteiger partial charge in [0, 0.05) is 42.7 Å². The molecule has 1 aromatic carbocycles. The molecule has 186 valence electrons. The zero-order valence-electron chi connectivity index (χ0n) is 20.6. The Labute approximate surface area is 206 Å². The van der Waals surface area contributed by atoms with Crippen molar-refractivity contribution in [3.8, 4) is 5.75 Å². The van der Waals surface area contributed by atoms with Crippen LogP contribution in [0.25, 0.3) is 0 Å². The topological polar surface area (TPSA) is 106 Å². The molecule has 1 aliphatic carbocycles. The van der Waals surface area contributed by atoms with Crippen molar-refractivity contribution in [1.82, 2.24) is 10.2 Å². The van der Waals surface area contributed by atoms with Crippen molar-refractivity contribution in [2.24, 2.45) is 22.6 Å². The number of nitrogens with two attached hydrogens (primary N) is 1. The third-order valence-electron chi connectivity index (χ3n) is 6.89. The Bertz CT molecular complexity index is 1010. The van der Waals surface area contributed by atoms with Gasteiger partial charge in [-0.1, -0.05) is 17.7 Å². The summed E-state index contributed by atoms with van der Waals surface area (Å²) in [5.41, 5.74) is 6.21. The second kappa shape index (κ2) is 9.04. The number of hydrogen-bond acceptors (Lipinski definition) is 6. The lowest BCUT2D eigenvalue weighted by Gasteiger charge is -2.38. The quantitative estimate of drug-likeness (QED) is 0.609. The predicted molar refractivity (Wildman–Crippen MR) is 131 cm³/mol. The number of methoxy groups -OCH3 is 1. The SMILES string of the molecule is COCC[C@H]([C@H]1C[C@@H]1C(=O)N[C@H]1CC(C)(C)Oc2cc(Cl)ccc21)N1C(=O)CC(C)(C)N=C1N. The van der Waals surface area contributed by atoms with Gasteiger partial charge in [-0.25, -0.2) is 4.99 Å². The van der Waals surface area contributed by atoms with E-state index in [1.54, 1.807) is 18.1 Å². The van der Waals surface area contributed by atoms with E-state index < -0.39 is 11.1 Å². The van der Waals surface area contributed by atoms with Gasteiger partial charge in [0.1, 0.15) is 11.4 Å². The third-order valence-corrected chi connectivity index (χ3v) is 7.12. The fourth-order valence-electron chi connectivity index (χ4n) is 5.29. The molecular weight excluding hydrogens is 456 g/mol. The van der Waals surface area contributed by atoms with E-state index in [0.717, 1.165) is 5.56 Å².